The number of aromatic nitrogens is 2. The summed E-state index contributed by atoms with van der Waals surface area (Å²) >= 11 is 0. The monoisotopic (exact) mass is 289 g/mol. The van der Waals surface area contributed by atoms with Crippen molar-refractivity contribution in [3.63, 3.8) is 0 Å². The smallest absolute Gasteiger partial charge is 0.421 e. The van der Waals surface area contributed by atoms with Gasteiger partial charge in [-0.25, -0.2) is 14.7 Å². The third kappa shape index (κ3) is 3.98. The molecule has 110 valence electrons. The fourth-order valence-corrected chi connectivity index (χ4v) is 1.62. The quantitative estimate of drug-likeness (QED) is 0.791. The highest BCUT2D eigenvalue weighted by Crippen LogP contribution is 2.24. The van der Waals surface area contributed by atoms with Crippen LogP contribution in [-0.2, 0) is 4.74 Å². The molecule has 0 saturated heterocycles. The number of nitrogens with zero attached hydrogens (tertiary/aromatic N) is 3. The van der Waals surface area contributed by atoms with Crippen LogP contribution >= 0.6 is 0 Å². The third-order valence-electron chi connectivity index (χ3n) is 2.40. The van der Waals surface area contributed by atoms with E-state index in [-0.39, 0.29) is 5.95 Å². The molecule has 0 bridgehead atoms. The molecule has 2 aromatic rings. The summed E-state index contributed by atoms with van der Waals surface area (Å²) in [5.41, 5.74) is -0.186. The molecule has 6 heteroatoms. The van der Waals surface area contributed by atoms with Gasteiger partial charge in [0.1, 0.15) is 5.60 Å². The maximum atomic E-state index is 13.3. The van der Waals surface area contributed by atoms with Crippen molar-refractivity contribution in [2.75, 3.05) is 4.90 Å². The van der Waals surface area contributed by atoms with Gasteiger partial charge in [0.25, 0.3) is 0 Å². The van der Waals surface area contributed by atoms with E-state index in [2.05, 4.69) is 9.97 Å². The van der Waals surface area contributed by atoms with E-state index in [1.165, 1.54) is 6.20 Å². The molecular weight excluding hydrogens is 273 g/mol. The predicted molar refractivity (Wildman–Crippen MR) is 76.8 cm³/mol. The maximum Gasteiger partial charge on any atom is 0.421 e. The van der Waals surface area contributed by atoms with Crippen LogP contribution in [0.15, 0.2) is 42.6 Å². The van der Waals surface area contributed by atoms with Crippen LogP contribution in [0.25, 0.3) is 0 Å². The van der Waals surface area contributed by atoms with Crippen molar-refractivity contribution in [1.82, 2.24) is 9.97 Å². The van der Waals surface area contributed by atoms with E-state index in [4.69, 9.17) is 4.74 Å². The number of amides is 1. The third-order valence-corrected chi connectivity index (χ3v) is 2.40. The van der Waals surface area contributed by atoms with E-state index in [9.17, 15) is 9.18 Å². The minimum absolute atomic E-state index is 0.0737. The van der Waals surface area contributed by atoms with E-state index < -0.39 is 17.6 Å². The van der Waals surface area contributed by atoms with Gasteiger partial charge in [-0.2, -0.15) is 9.37 Å². The Morgan fingerprint density at radius 1 is 1.19 bits per heavy atom. The minimum atomic E-state index is -0.718. The van der Waals surface area contributed by atoms with Crippen molar-refractivity contribution in [3.8, 4) is 0 Å². The number of hydrogen-bond donors (Lipinski definition) is 0. The highest BCUT2D eigenvalue weighted by atomic mass is 19.1. The van der Waals surface area contributed by atoms with Crippen molar-refractivity contribution in [2.45, 2.75) is 26.4 Å². The summed E-state index contributed by atoms with van der Waals surface area (Å²) in [6, 6.07) is 9.82. The molecule has 1 amide bonds. The van der Waals surface area contributed by atoms with Crippen LogP contribution in [0.3, 0.4) is 0 Å². The SMILES string of the molecule is CC(C)(C)OC(=O)N(c1ccccc1)c1nccc(F)n1. The Balaban J connectivity index is 2.43. The highest BCUT2D eigenvalue weighted by molar-refractivity contribution is 5.94. The molecule has 0 spiro atoms. The van der Waals surface area contributed by atoms with Crippen LogP contribution in [0, 0.1) is 5.95 Å². The van der Waals surface area contributed by atoms with Crippen LogP contribution in [0.2, 0.25) is 0 Å². The zero-order valence-corrected chi connectivity index (χ0v) is 12.1. The number of para-hydroxylation sites is 1. The van der Waals surface area contributed by atoms with E-state index in [0.717, 1.165) is 11.0 Å². The van der Waals surface area contributed by atoms with Gasteiger partial charge in [0.05, 0.1) is 5.69 Å². The molecule has 0 aliphatic rings. The summed E-state index contributed by atoms with van der Waals surface area (Å²) < 4.78 is 18.6. The topological polar surface area (TPSA) is 55.3 Å². The summed E-state index contributed by atoms with van der Waals surface area (Å²) in [7, 11) is 0. The lowest BCUT2D eigenvalue weighted by Gasteiger charge is -2.26. The number of rotatable bonds is 2. The van der Waals surface area contributed by atoms with E-state index in [0.29, 0.717) is 5.69 Å². The van der Waals surface area contributed by atoms with Gasteiger partial charge < -0.3 is 4.74 Å². The average molecular weight is 289 g/mol. The number of carbonyl (C=O) groups excluding carboxylic acids is 1. The van der Waals surface area contributed by atoms with Crippen molar-refractivity contribution >= 4 is 17.7 Å². The van der Waals surface area contributed by atoms with Gasteiger partial charge in [0.15, 0.2) is 0 Å². The van der Waals surface area contributed by atoms with Crippen LogP contribution in [0.4, 0.5) is 20.8 Å². The lowest BCUT2D eigenvalue weighted by Crippen LogP contribution is -2.34. The van der Waals surface area contributed by atoms with E-state index >= 15 is 0 Å². The number of carbonyl (C=O) groups is 1. The zero-order valence-electron chi connectivity index (χ0n) is 12.1. The van der Waals surface area contributed by atoms with Gasteiger partial charge in [-0.1, -0.05) is 18.2 Å². The second-order valence-electron chi connectivity index (χ2n) is 5.33. The van der Waals surface area contributed by atoms with Crippen LogP contribution < -0.4 is 4.90 Å². The number of hydrogen-bond acceptors (Lipinski definition) is 4. The Kier molecular flexibility index (Phi) is 4.16. The van der Waals surface area contributed by atoms with Crippen LogP contribution in [0.1, 0.15) is 20.8 Å². The first-order chi connectivity index (χ1) is 9.87. The molecule has 21 heavy (non-hydrogen) atoms. The molecule has 5 nitrogen and oxygen atoms in total. The number of anilines is 2. The molecule has 1 aromatic heterocycles. The molecule has 0 fully saturated rings. The normalized spacial score (nSPS) is 11.0. The summed E-state index contributed by atoms with van der Waals surface area (Å²) in [5.74, 6) is -0.792. The molecule has 0 N–H and O–H groups in total. The fraction of sp³-hybridized carbons (Fsp3) is 0.267. The van der Waals surface area contributed by atoms with Gasteiger partial charge in [-0.3, -0.25) is 0 Å². The largest absolute Gasteiger partial charge is 0.443 e. The fourth-order valence-electron chi connectivity index (χ4n) is 1.62. The Hall–Kier alpha value is -2.50. The zero-order chi connectivity index (χ0) is 15.5. The Morgan fingerprint density at radius 3 is 2.43 bits per heavy atom. The Bertz CT molecular complexity index is 626. The first-order valence-corrected chi connectivity index (χ1v) is 6.43. The highest BCUT2D eigenvalue weighted by Gasteiger charge is 2.26. The van der Waals surface area contributed by atoms with Gasteiger partial charge in [-0.15, -0.1) is 0 Å². The van der Waals surface area contributed by atoms with Crippen LogP contribution in [0.5, 0.6) is 0 Å². The van der Waals surface area contributed by atoms with E-state index in [1.807, 2.05) is 6.07 Å². The first-order valence-electron chi connectivity index (χ1n) is 6.43. The second kappa shape index (κ2) is 5.87. The molecular formula is C15H16FN3O2. The summed E-state index contributed by atoms with van der Waals surface area (Å²) in [4.78, 5) is 21.1. The average Bonchev–Trinajstić information content (AvgIpc) is 2.38. The minimum Gasteiger partial charge on any atom is -0.443 e. The van der Waals surface area contributed by atoms with E-state index in [1.54, 1.807) is 45.0 Å². The molecule has 0 aliphatic heterocycles. The molecule has 1 heterocycles. The van der Waals surface area contributed by atoms with Crippen molar-refractivity contribution < 1.29 is 13.9 Å². The molecule has 0 aliphatic carbocycles. The van der Waals surface area contributed by atoms with Gasteiger partial charge >= 0.3 is 6.09 Å². The van der Waals surface area contributed by atoms with Gasteiger partial charge in [0.2, 0.25) is 11.9 Å². The number of halogens is 1. The Labute approximate surface area is 122 Å². The van der Waals surface area contributed by atoms with Gasteiger partial charge in [-0.05, 0) is 32.9 Å². The van der Waals surface area contributed by atoms with Crippen molar-refractivity contribution in [1.29, 1.82) is 0 Å². The predicted octanol–water partition coefficient (Wildman–Crippen LogP) is 3.69. The summed E-state index contributed by atoms with van der Waals surface area (Å²) in [6.45, 7) is 5.25. The lowest BCUT2D eigenvalue weighted by molar-refractivity contribution is 0.0597. The number of ether oxygens (including phenoxy) is 1. The molecule has 0 radical (unpaired) electrons. The molecule has 2 rings (SSSR count). The molecule has 0 unspecified atom stereocenters. The maximum absolute atomic E-state index is 13.3. The molecule has 1 aromatic carbocycles. The molecule has 0 atom stereocenters. The van der Waals surface area contributed by atoms with Gasteiger partial charge in [0, 0.05) is 12.3 Å². The summed E-state index contributed by atoms with van der Waals surface area (Å²) in [6.07, 6.45) is 0.581. The van der Waals surface area contributed by atoms with Crippen molar-refractivity contribution in [2.24, 2.45) is 0 Å². The van der Waals surface area contributed by atoms with Crippen LogP contribution in [-0.4, -0.2) is 21.7 Å². The number of benzene rings is 1. The molecule has 0 saturated carbocycles. The van der Waals surface area contributed by atoms with Crippen molar-refractivity contribution in [3.05, 3.63) is 48.5 Å². The summed E-state index contributed by atoms with van der Waals surface area (Å²) in [5, 5.41) is 0. The first kappa shape index (κ1) is 14.9. The second-order valence-corrected chi connectivity index (χ2v) is 5.33. The lowest BCUT2D eigenvalue weighted by atomic mass is 10.2. The standard InChI is InChI=1S/C15H16FN3O2/c1-15(2,3)21-14(20)19(11-7-5-4-6-8-11)13-17-10-9-12(16)18-13/h4-10H,1-3H3. The Morgan fingerprint density at radius 2 is 1.86 bits per heavy atom.